The first kappa shape index (κ1) is 13.4. The van der Waals surface area contributed by atoms with Gasteiger partial charge in [0.25, 0.3) is 0 Å². The number of rotatable bonds is 4. The second-order valence-corrected chi connectivity index (χ2v) is 6.24. The van der Waals surface area contributed by atoms with Gasteiger partial charge in [-0.25, -0.2) is 0 Å². The normalized spacial score (nSPS) is 18.5. The Morgan fingerprint density at radius 3 is 2.82 bits per heavy atom. The van der Waals surface area contributed by atoms with E-state index in [2.05, 4.69) is 28.2 Å². The maximum Gasteiger partial charge on any atom is 0.0410 e. The molecule has 0 aromatic heterocycles. The van der Waals surface area contributed by atoms with Crippen LogP contribution in [-0.2, 0) is 6.54 Å². The zero-order chi connectivity index (χ0) is 12.3. The Morgan fingerprint density at radius 1 is 1.41 bits per heavy atom. The van der Waals surface area contributed by atoms with Crippen LogP contribution in [0, 0.1) is 5.92 Å². The van der Waals surface area contributed by atoms with Crippen molar-refractivity contribution in [3.8, 4) is 0 Å². The van der Waals surface area contributed by atoms with E-state index in [1.165, 1.54) is 31.2 Å². The number of hydrogen-bond donors (Lipinski definition) is 1. The summed E-state index contributed by atoms with van der Waals surface area (Å²) in [4.78, 5) is 0. The highest BCUT2D eigenvalue weighted by molar-refractivity contribution is 9.10. The molecule has 17 heavy (non-hydrogen) atoms. The smallest absolute Gasteiger partial charge is 0.0410 e. The van der Waals surface area contributed by atoms with Crippen LogP contribution in [0.15, 0.2) is 22.7 Å². The van der Waals surface area contributed by atoms with Gasteiger partial charge in [0.1, 0.15) is 0 Å². The molecule has 0 aliphatic heterocycles. The minimum absolute atomic E-state index is 0.600. The lowest BCUT2D eigenvalue weighted by molar-refractivity contribution is 0.380. The fraction of sp³-hybridized carbons (Fsp3) is 0.571. The van der Waals surface area contributed by atoms with Crippen molar-refractivity contribution < 1.29 is 0 Å². The van der Waals surface area contributed by atoms with E-state index in [0.717, 1.165) is 22.0 Å². The van der Waals surface area contributed by atoms with Gasteiger partial charge in [0, 0.05) is 22.1 Å². The molecule has 0 amide bonds. The third-order valence-electron chi connectivity index (χ3n) is 3.73. The van der Waals surface area contributed by atoms with Gasteiger partial charge in [-0.1, -0.05) is 40.4 Å². The molecule has 1 aromatic rings. The summed E-state index contributed by atoms with van der Waals surface area (Å²) in [6.45, 7) is 3.19. The van der Waals surface area contributed by atoms with Crippen molar-refractivity contribution in [2.24, 2.45) is 5.92 Å². The average Bonchev–Trinajstić information content (AvgIpc) is 2.83. The predicted octanol–water partition coefficient (Wildman–Crippen LogP) is 4.77. The standard InChI is InChI=1S/C14H19BrClN/c1-10(11-4-2-3-5-11)17-9-12-8-13(16)6-7-14(12)15/h6-8,10-11,17H,2-5,9H2,1H3/t10-/m1/s1. The van der Waals surface area contributed by atoms with Crippen molar-refractivity contribution >= 4 is 27.5 Å². The molecule has 0 unspecified atom stereocenters. The summed E-state index contributed by atoms with van der Waals surface area (Å²) >= 11 is 9.58. The summed E-state index contributed by atoms with van der Waals surface area (Å²) in [7, 11) is 0. The van der Waals surface area contributed by atoms with E-state index >= 15 is 0 Å². The molecular weight excluding hydrogens is 298 g/mol. The van der Waals surface area contributed by atoms with Crippen molar-refractivity contribution in [2.45, 2.75) is 45.2 Å². The average molecular weight is 317 g/mol. The Morgan fingerprint density at radius 2 is 2.12 bits per heavy atom. The molecule has 94 valence electrons. The van der Waals surface area contributed by atoms with Gasteiger partial charge in [-0.05, 0) is 49.4 Å². The molecule has 0 bridgehead atoms. The fourth-order valence-electron chi connectivity index (χ4n) is 2.57. The van der Waals surface area contributed by atoms with Crippen LogP contribution in [0.2, 0.25) is 5.02 Å². The van der Waals surface area contributed by atoms with Gasteiger partial charge >= 0.3 is 0 Å². The molecule has 0 saturated heterocycles. The van der Waals surface area contributed by atoms with E-state index < -0.39 is 0 Å². The molecule has 1 nitrogen and oxygen atoms in total. The molecule has 0 heterocycles. The van der Waals surface area contributed by atoms with Crippen molar-refractivity contribution in [3.63, 3.8) is 0 Å². The lowest BCUT2D eigenvalue weighted by atomic mass is 9.99. The van der Waals surface area contributed by atoms with Gasteiger partial charge < -0.3 is 5.32 Å². The highest BCUT2D eigenvalue weighted by atomic mass is 79.9. The van der Waals surface area contributed by atoms with E-state index in [1.807, 2.05) is 18.2 Å². The first-order valence-corrected chi connectivity index (χ1v) is 7.51. The summed E-state index contributed by atoms with van der Waals surface area (Å²) in [6.07, 6.45) is 5.56. The zero-order valence-corrected chi connectivity index (χ0v) is 12.5. The minimum Gasteiger partial charge on any atom is -0.310 e. The zero-order valence-electron chi connectivity index (χ0n) is 10.2. The highest BCUT2D eigenvalue weighted by Gasteiger charge is 2.20. The second kappa shape index (κ2) is 6.21. The Kier molecular flexibility index (Phi) is 4.89. The maximum absolute atomic E-state index is 6.01. The Labute approximate surface area is 117 Å². The van der Waals surface area contributed by atoms with Gasteiger partial charge in [-0.2, -0.15) is 0 Å². The van der Waals surface area contributed by atoms with E-state index in [4.69, 9.17) is 11.6 Å². The first-order chi connectivity index (χ1) is 8.16. The van der Waals surface area contributed by atoms with Gasteiger partial charge in [0.2, 0.25) is 0 Å². The van der Waals surface area contributed by atoms with Gasteiger partial charge in [0.05, 0.1) is 0 Å². The van der Waals surface area contributed by atoms with Crippen LogP contribution in [0.3, 0.4) is 0 Å². The fourth-order valence-corrected chi connectivity index (χ4v) is 3.16. The SMILES string of the molecule is C[C@@H](NCc1cc(Cl)ccc1Br)C1CCCC1. The molecule has 1 fully saturated rings. The summed E-state index contributed by atoms with van der Waals surface area (Å²) < 4.78 is 1.13. The number of benzene rings is 1. The monoisotopic (exact) mass is 315 g/mol. The van der Waals surface area contributed by atoms with Gasteiger partial charge in [0.15, 0.2) is 0 Å². The quantitative estimate of drug-likeness (QED) is 0.843. The van der Waals surface area contributed by atoms with Crippen LogP contribution in [0.1, 0.15) is 38.2 Å². The maximum atomic E-state index is 6.01. The Bertz CT molecular complexity index is 374. The van der Waals surface area contributed by atoms with E-state index in [1.54, 1.807) is 0 Å². The molecule has 2 rings (SSSR count). The molecule has 1 N–H and O–H groups in total. The molecule has 1 aliphatic rings. The van der Waals surface area contributed by atoms with E-state index in [0.29, 0.717) is 6.04 Å². The van der Waals surface area contributed by atoms with E-state index in [9.17, 15) is 0 Å². The summed E-state index contributed by atoms with van der Waals surface area (Å²) in [6, 6.07) is 6.55. The molecule has 1 aliphatic carbocycles. The minimum atomic E-state index is 0.600. The molecule has 1 aromatic carbocycles. The Balaban J connectivity index is 1.90. The first-order valence-electron chi connectivity index (χ1n) is 6.34. The number of halogens is 2. The topological polar surface area (TPSA) is 12.0 Å². The van der Waals surface area contributed by atoms with Crippen molar-refractivity contribution in [2.75, 3.05) is 0 Å². The van der Waals surface area contributed by atoms with Crippen molar-refractivity contribution in [3.05, 3.63) is 33.3 Å². The van der Waals surface area contributed by atoms with Crippen LogP contribution in [0.5, 0.6) is 0 Å². The number of hydrogen-bond acceptors (Lipinski definition) is 1. The van der Waals surface area contributed by atoms with Crippen LogP contribution in [0.4, 0.5) is 0 Å². The Hall–Kier alpha value is -0.0500. The highest BCUT2D eigenvalue weighted by Crippen LogP contribution is 2.28. The number of nitrogens with one attached hydrogen (secondary N) is 1. The lowest BCUT2D eigenvalue weighted by Gasteiger charge is -2.20. The summed E-state index contributed by atoms with van der Waals surface area (Å²) in [5.41, 5.74) is 1.24. The van der Waals surface area contributed by atoms with Crippen LogP contribution < -0.4 is 5.32 Å². The summed E-state index contributed by atoms with van der Waals surface area (Å²) in [5, 5.41) is 4.42. The molecular formula is C14H19BrClN. The van der Waals surface area contributed by atoms with Crippen LogP contribution in [0.25, 0.3) is 0 Å². The molecule has 1 saturated carbocycles. The molecule has 3 heteroatoms. The molecule has 1 atom stereocenters. The third-order valence-corrected chi connectivity index (χ3v) is 4.74. The third kappa shape index (κ3) is 3.70. The largest absolute Gasteiger partial charge is 0.310 e. The second-order valence-electron chi connectivity index (χ2n) is 4.95. The van der Waals surface area contributed by atoms with E-state index in [-0.39, 0.29) is 0 Å². The molecule has 0 spiro atoms. The lowest BCUT2D eigenvalue weighted by Crippen LogP contribution is -2.31. The molecule has 0 radical (unpaired) electrons. The van der Waals surface area contributed by atoms with Crippen molar-refractivity contribution in [1.82, 2.24) is 5.32 Å². The van der Waals surface area contributed by atoms with Gasteiger partial charge in [-0.3, -0.25) is 0 Å². The van der Waals surface area contributed by atoms with Gasteiger partial charge in [-0.15, -0.1) is 0 Å². The summed E-state index contributed by atoms with van der Waals surface area (Å²) in [5.74, 6) is 0.855. The van der Waals surface area contributed by atoms with Crippen LogP contribution >= 0.6 is 27.5 Å². The van der Waals surface area contributed by atoms with Crippen LogP contribution in [-0.4, -0.2) is 6.04 Å². The van der Waals surface area contributed by atoms with Crippen molar-refractivity contribution in [1.29, 1.82) is 0 Å². The predicted molar refractivity (Wildman–Crippen MR) is 77.4 cm³/mol.